The number of sulfonamides is 1. The van der Waals surface area contributed by atoms with E-state index in [1.165, 1.54) is 6.92 Å². The van der Waals surface area contributed by atoms with E-state index in [-0.39, 0.29) is 5.82 Å². The van der Waals surface area contributed by atoms with Gasteiger partial charge in [0.2, 0.25) is 10.0 Å². The lowest BCUT2D eigenvalue weighted by molar-refractivity contribution is -0.385. The van der Waals surface area contributed by atoms with Crippen LogP contribution in [0.25, 0.3) is 0 Å². The van der Waals surface area contributed by atoms with E-state index >= 15 is 0 Å². The molecule has 0 amide bonds. The van der Waals surface area contributed by atoms with Crippen LogP contribution in [-0.2, 0) is 10.0 Å². The molecule has 0 aliphatic rings. The Morgan fingerprint density at radius 2 is 2.19 bits per heavy atom. The first kappa shape index (κ1) is 14.9. The molecule has 1 aromatic carbocycles. The van der Waals surface area contributed by atoms with E-state index in [1.54, 1.807) is 0 Å². The number of nitro benzene ring substituents is 1. The van der Waals surface area contributed by atoms with Crippen molar-refractivity contribution in [1.82, 2.24) is 25.3 Å². The average molecular weight is 316 g/mol. The third-order valence-electron chi connectivity index (χ3n) is 2.50. The maximum atomic E-state index is 13.7. The van der Waals surface area contributed by atoms with Crippen LogP contribution in [0.3, 0.4) is 0 Å². The molecule has 2 aromatic rings. The van der Waals surface area contributed by atoms with Gasteiger partial charge >= 0.3 is 0 Å². The third kappa shape index (κ3) is 3.17. The first-order valence-corrected chi connectivity index (χ1v) is 6.99. The second-order valence-corrected chi connectivity index (χ2v) is 5.67. The molecule has 0 fully saturated rings. The van der Waals surface area contributed by atoms with Crippen LogP contribution in [0.2, 0.25) is 0 Å². The smallest absolute Gasteiger partial charge is 0.258 e. The van der Waals surface area contributed by atoms with Gasteiger partial charge < -0.3 is 0 Å². The molecule has 112 valence electrons. The molecular formula is C9H9FN6O4S. The number of hydrogen-bond acceptors (Lipinski definition) is 7. The summed E-state index contributed by atoms with van der Waals surface area (Å²) in [6.07, 6.45) is 0. The molecule has 2 rings (SSSR count). The van der Waals surface area contributed by atoms with E-state index < -0.39 is 37.4 Å². The van der Waals surface area contributed by atoms with Crippen molar-refractivity contribution < 1.29 is 17.7 Å². The second kappa shape index (κ2) is 5.49. The Balaban J connectivity index is 2.29. The van der Waals surface area contributed by atoms with Crippen LogP contribution in [-0.4, -0.2) is 34.0 Å². The fourth-order valence-corrected chi connectivity index (χ4v) is 2.78. The van der Waals surface area contributed by atoms with Crippen LogP contribution in [0.5, 0.6) is 0 Å². The van der Waals surface area contributed by atoms with Crippen molar-refractivity contribution in [3.8, 4) is 0 Å². The van der Waals surface area contributed by atoms with Crippen molar-refractivity contribution in [2.24, 2.45) is 0 Å². The number of H-pyrrole nitrogens is 1. The van der Waals surface area contributed by atoms with E-state index in [9.17, 15) is 22.9 Å². The predicted octanol–water partition coefficient (Wildman–Crippen LogP) is 0.286. The molecule has 0 bridgehead atoms. The predicted molar refractivity (Wildman–Crippen MR) is 66.0 cm³/mol. The van der Waals surface area contributed by atoms with Crippen molar-refractivity contribution >= 4 is 15.7 Å². The van der Waals surface area contributed by atoms with E-state index in [0.717, 1.165) is 12.1 Å². The summed E-state index contributed by atoms with van der Waals surface area (Å²) in [5, 5.41) is 23.1. The highest BCUT2D eigenvalue weighted by Gasteiger charge is 2.25. The van der Waals surface area contributed by atoms with Gasteiger partial charge in [0.15, 0.2) is 5.82 Å². The SMILES string of the molecule is CC(NS(=O)(=O)c1ccc([N+](=O)[O-])cc1F)c1nn[nH]n1. The Morgan fingerprint density at radius 1 is 1.48 bits per heavy atom. The van der Waals surface area contributed by atoms with Crippen LogP contribution < -0.4 is 4.72 Å². The summed E-state index contributed by atoms with van der Waals surface area (Å²) in [6, 6.07) is 1.39. The Bertz CT molecular complexity index is 763. The topological polar surface area (TPSA) is 144 Å². The number of halogens is 1. The Morgan fingerprint density at radius 3 is 2.71 bits per heavy atom. The fourth-order valence-electron chi connectivity index (χ4n) is 1.52. The molecule has 2 N–H and O–H groups in total. The van der Waals surface area contributed by atoms with Crippen molar-refractivity contribution in [3.05, 3.63) is 40.0 Å². The molecule has 0 radical (unpaired) electrons. The van der Waals surface area contributed by atoms with E-state index in [2.05, 4.69) is 25.3 Å². The molecule has 0 saturated carbocycles. The van der Waals surface area contributed by atoms with Gasteiger partial charge in [-0.05, 0) is 13.0 Å². The van der Waals surface area contributed by atoms with Crippen LogP contribution >= 0.6 is 0 Å². The number of nitro groups is 1. The Kier molecular flexibility index (Phi) is 3.90. The molecule has 12 heteroatoms. The molecule has 0 spiro atoms. The van der Waals surface area contributed by atoms with Crippen LogP contribution in [0.15, 0.2) is 23.1 Å². The van der Waals surface area contributed by atoms with E-state index in [1.807, 2.05) is 0 Å². The van der Waals surface area contributed by atoms with Crippen LogP contribution in [0.1, 0.15) is 18.8 Å². The number of aromatic nitrogens is 4. The Labute approximate surface area is 117 Å². The quantitative estimate of drug-likeness (QED) is 0.595. The number of rotatable bonds is 5. The van der Waals surface area contributed by atoms with Gasteiger partial charge in [0.25, 0.3) is 5.69 Å². The molecule has 0 aliphatic carbocycles. The number of nitrogens with zero attached hydrogens (tertiary/aromatic N) is 4. The first-order valence-electron chi connectivity index (χ1n) is 5.51. The van der Waals surface area contributed by atoms with Gasteiger partial charge in [-0.25, -0.2) is 17.5 Å². The zero-order valence-corrected chi connectivity index (χ0v) is 11.3. The maximum Gasteiger partial charge on any atom is 0.272 e. The highest BCUT2D eigenvalue weighted by molar-refractivity contribution is 7.89. The van der Waals surface area contributed by atoms with Crippen molar-refractivity contribution in [1.29, 1.82) is 0 Å². The molecular weight excluding hydrogens is 307 g/mol. The number of hydrogen-bond donors (Lipinski definition) is 2. The lowest BCUT2D eigenvalue weighted by Gasteiger charge is -2.11. The maximum absolute atomic E-state index is 13.7. The number of tetrazole rings is 1. The molecule has 1 heterocycles. The lowest BCUT2D eigenvalue weighted by Crippen LogP contribution is -2.28. The molecule has 0 aliphatic heterocycles. The fraction of sp³-hybridized carbons (Fsp3) is 0.222. The van der Waals surface area contributed by atoms with Gasteiger partial charge in [-0.3, -0.25) is 10.1 Å². The minimum Gasteiger partial charge on any atom is -0.258 e. The standard InChI is InChI=1S/C9H9FN6O4S/c1-5(9-11-14-15-12-9)13-21(19,20)8-3-2-6(16(17)18)4-7(8)10/h2-5,13H,1H3,(H,11,12,14,15). The third-order valence-corrected chi connectivity index (χ3v) is 4.07. The van der Waals surface area contributed by atoms with Crippen LogP contribution in [0, 0.1) is 15.9 Å². The number of non-ortho nitro benzene ring substituents is 1. The minimum atomic E-state index is -4.23. The van der Waals surface area contributed by atoms with Gasteiger partial charge in [-0.15, -0.1) is 10.2 Å². The largest absolute Gasteiger partial charge is 0.272 e. The summed E-state index contributed by atoms with van der Waals surface area (Å²) < 4.78 is 39.9. The molecule has 1 unspecified atom stereocenters. The van der Waals surface area contributed by atoms with Crippen LogP contribution in [0.4, 0.5) is 10.1 Å². The molecule has 1 aromatic heterocycles. The zero-order chi connectivity index (χ0) is 15.6. The van der Waals surface area contributed by atoms with E-state index in [0.29, 0.717) is 6.07 Å². The van der Waals surface area contributed by atoms with Gasteiger partial charge in [0.1, 0.15) is 10.7 Å². The molecule has 21 heavy (non-hydrogen) atoms. The monoisotopic (exact) mass is 316 g/mol. The van der Waals surface area contributed by atoms with Gasteiger partial charge in [-0.1, -0.05) is 5.21 Å². The highest BCUT2D eigenvalue weighted by Crippen LogP contribution is 2.21. The van der Waals surface area contributed by atoms with E-state index in [4.69, 9.17) is 0 Å². The van der Waals surface area contributed by atoms with Gasteiger partial charge in [0, 0.05) is 6.07 Å². The molecule has 0 saturated heterocycles. The summed E-state index contributed by atoms with van der Waals surface area (Å²) in [6.45, 7) is 1.44. The summed E-state index contributed by atoms with van der Waals surface area (Å²) in [5.74, 6) is -1.15. The summed E-state index contributed by atoms with van der Waals surface area (Å²) in [7, 11) is -4.23. The average Bonchev–Trinajstić information content (AvgIpc) is 2.91. The Hall–Kier alpha value is -2.47. The lowest BCUT2D eigenvalue weighted by atomic mass is 10.3. The van der Waals surface area contributed by atoms with Gasteiger partial charge in [-0.2, -0.15) is 5.21 Å². The normalized spacial score (nSPS) is 13.0. The zero-order valence-electron chi connectivity index (χ0n) is 10.5. The summed E-state index contributed by atoms with van der Waals surface area (Å²) in [4.78, 5) is 8.96. The van der Waals surface area contributed by atoms with Crippen molar-refractivity contribution in [2.75, 3.05) is 0 Å². The number of aromatic amines is 1. The molecule has 1 atom stereocenters. The van der Waals surface area contributed by atoms with Gasteiger partial charge in [0.05, 0.1) is 17.0 Å². The summed E-state index contributed by atoms with van der Waals surface area (Å²) >= 11 is 0. The molecule has 10 nitrogen and oxygen atoms in total. The number of benzene rings is 1. The highest BCUT2D eigenvalue weighted by atomic mass is 32.2. The van der Waals surface area contributed by atoms with Crippen molar-refractivity contribution in [2.45, 2.75) is 17.9 Å². The minimum absolute atomic E-state index is 0.0703. The number of nitrogens with one attached hydrogen (secondary N) is 2. The summed E-state index contributed by atoms with van der Waals surface area (Å²) in [5.41, 5.74) is -0.544. The first-order chi connectivity index (χ1) is 9.81. The van der Waals surface area contributed by atoms with Crippen molar-refractivity contribution in [3.63, 3.8) is 0 Å². The second-order valence-electron chi connectivity index (χ2n) is 3.98.